The van der Waals surface area contributed by atoms with E-state index in [2.05, 4.69) is 10.9 Å². The van der Waals surface area contributed by atoms with Crippen LogP contribution in [0.4, 0.5) is 0 Å². The largest absolute Gasteiger partial charge is 0.493 e. The summed E-state index contributed by atoms with van der Waals surface area (Å²) in [6, 6.07) is 12.4. The highest BCUT2D eigenvalue weighted by molar-refractivity contribution is 5.83. The summed E-state index contributed by atoms with van der Waals surface area (Å²) in [5.41, 5.74) is 5.49. The minimum absolute atomic E-state index is 0.286. The highest BCUT2D eigenvalue weighted by atomic mass is 16.5. The molecule has 0 atom stereocenters. The van der Waals surface area contributed by atoms with Gasteiger partial charge >= 0.3 is 0 Å². The van der Waals surface area contributed by atoms with Crippen molar-refractivity contribution in [1.29, 1.82) is 0 Å². The Bertz CT molecular complexity index is 882. The van der Waals surface area contributed by atoms with Gasteiger partial charge in [0.1, 0.15) is 0 Å². The molecule has 0 aliphatic heterocycles. The van der Waals surface area contributed by atoms with Crippen molar-refractivity contribution in [3.05, 3.63) is 54.1 Å². The Hall–Kier alpha value is -3.68. The normalized spacial score (nSPS) is 10.4. The van der Waals surface area contributed by atoms with Gasteiger partial charge in [0.25, 0.3) is 11.8 Å². The fourth-order valence-electron chi connectivity index (χ4n) is 2.44. The summed E-state index contributed by atoms with van der Waals surface area (Å²) in [6.45, 7) is 3.66. The van der Waals surface area contributed by atoms with Crippen molar-refractivity contribution in [1.82, 2.24) is 10.9 Å². The molecule has 8 heteroatoms. The van der Waals surface area contributed by atoms with E-state index in [4.69, 9.17) is 18.9 Å². The topological polar surface area (TPSA) is 95.1 Å². The van der Waals surface area contributed by atoms with Crippen LogP contribution in [0.15, 0.2) is 48.5 Å². The lowest BCUT2D eigenvalue weighted by Gasteiger charge is -2.13. The van der Waals surface area contributed by atoms with Gasteiger partial charge in [-0.05, 0) is 43.7 Å². The summed E-state index contributed by atoms with van der Waals surface area (Å²) in [5.74, 6) is 0.852. The number of carbonyl (C=O) groups is 2. The number of hydrogen-bond acceptors (Lipinski definition) is 6. The first kappa shape index (κ1) is 22.6. The van der Waals surface area contributed by atoms with E-state index in [9.17, 15) is 9.59 Å². The Balaban J connectivity index is 1.77. The maximum atomic E-state index is 11.9. The SMILES string of the molecule is C/C=C/c1ccc(OCC(=O)NNC(=O)COc2ccccc2OCC)c(OC)c1. The summed E-state index contributed by atoms with van der Waals surface area (Å²) in [6.07, 6.45) is 3.83. The molecular weight excluding hydrogens is 388 g/mol. The van der Waals surface area contributed by atoms with Gasteiger partial charge in [-0.3, -0.25) is 20.4 Å². The quantitative estimate of drug-likeness (QED) is 0.581. The maximum Gasteiger partial charge on any atom is 0.276 e. The zero-order valence-corrected chi connectivity index (χ0v) is 17.3. The fraction of sp³-hybridized carbons (Fsp3) is 0.273. The van der Waals surface area contributed by atoms with Gasteiger partial charge in [0.05, 0.1) is 13.7 Å². The lowest BCUT2D eigenvalue weighted by molar-refractivity contribution is -0.131. The van der Waals surface area contributed by atoms with Crippen molar-refractivity contribution >= 4 is 17.9 Å². The van der Waals surface area contributed by atoms with Gasteiger partial charge in [0, 0.05) is 0 Å². The van der Waals surface area contributed by atoms with Crippen LogP contribution >= 0.6 is 0 Å². The average Bonchev–Trinajstić information content (AvgIpc) is 2.76. The predicted octanol–water partition coefficient (Wildman–Crippen LogP) is 2.73. The molecule has 2 aromatic carbocycles. The molecule has 0 aliphatic rings. The summed E-state index contributed by atoms with van der Waals surface area (Å²) in [5, 5.41) is 0. The molecule has 8 nitrogen and oxygen atoms in total. The van der Waals surface area contributed by atoms with Crippen molar-refractivity contribution in [2.45, 2.75) is 13.8 Å². The highest BCUT2D eigenvalue weighted by Gasteiger charge is 2.11. The van der Waals surface area contributed by atoms with E-state index < -0.39 is 11.8 Å². The number of hydrazine groups is 1. The summed E-state index contributed by atoms with van der Waals surface area (Å²) < 4.78 is 21.6. The first-order chi connectivity index (χ1) is 14.6. The van der Waals surface area contributed by atoms with Crippen molar-refractivity contribution < 1.29 is 28.5 Å². The van der Waals surface area contributed by atoms with E-state index in [1.807, 2.05) is 32.1 Å². The fourth-order valence-corrected chi connectivity index (χ4v) is 2.44. The number of hydrogen-bond donors (Lipinski definition) is 2. The first-order valence-corrected chi connectivity index (χ1v) is 9.43. The number of benzene rings is 2. The van der Waals surface area contributed by atoms with E-state index in [1.165, 1.54) is 7.11 Å². The molecular formula is C22H26N2O6. The van der Waals surface area contributed by atoms with E-state index >= 15 is 0 Å². The van der Waals surface area contributed by atoms with Gasteiger partial charge in [-0.1, -0.05) is 30.4 Å². The molecule has 0 fully saturated rings. The van der Waals surface area contributed by atoms with Crippen LogP contribution in [0.5, 0.6) is 23.0 Å². The summed E-state index contributed by atoms with van der Waals surface area (Å²) >= 11 is 0. The average molecular weight is 414 g/mol. The van der Waals surface area contributed by atoms with Gasteiger partial charge in [-0.15, -0.1) is 0 Å². The molecule has 0 saturated heterocycles. The Morgan fingerprint density at radius 3 is 1.97 bits per heavy atom. The second kappa shape index (κ2) is 12.0. The van der Waals surface area contributed by atoms with Gasteiger partial charge < -0.3 is 18.9 Å². The number of nitrogens with one attached hydrogen (secondary N) is 2. The summed E-state index contributed by atoms with van der Waals surface area (Å²) in [7, 11) is 1.52. The van der Waals surface area contributed by atoms with Crippen molar-refractivity contribution in [2.24, 2.45) is 0 Å². The molecule has 2 rings (SSSR count). The molecule has 2 aromatic rings. The molecule has 0 heterocycles. The Kier molecular flexibility index (Phi) is 9.05. The van der Waals surface area contributed by atoms with Crippen LogP contribution in [0.3, 0.4) is 0 Å². The zero-order valence-electron chi connectivity index (χ0n) is 17.3. The third-order valence-corrected chi connectivity index (χ3v) is 3.75. The van der Waals surface area contributed by atoms with Crippen molar-refractivity contribution in [3.63, 3.8) is 0 Å². The number of methoxy groups -OCH3 is 1. The van der Waals surface area contributed by atoms with Gasteiger partial charge in [0.2, 0.25) is 0 Å². The minimum Gasteiger partial charge on any atom is -0.493 e. The molecule has 0 aliphatic carbocycles. The molecule has 0 spiro atoms. The van der Waals surface area contributed by atoms with E-state index in [1.54, 1.807) is 36.4 Å². The van der Waals surface area contributed by atoms with E-state index in [-0.39, 0.29) is 13.2 Å². The Morgan fingerprint density at radius 1 is 0.867 bits per heavy atom. The first-order valence-electron chi connectivity index (χ1n) is 9.43. The van der Waals surface area contributed by atoms with Gasteiger partial charge in [-0.2, -0.15) is 0 Å². The number of rotatable bonds is 10. The van der Waals surface area contributed by atoms with E-state index in [0.717, 1.165) is 5.56 Å². The van der Waals surface area contributed by atoms with Crippen LogP contribution in [0.2, 0.25) is 0 Å². The monoisotopic (exact) mass is 414 g/mol. The van der Waals surface area contributed by atoms with Gasteiger partial charge in [-0.25, -0.2) is 0 Å². The number of amides is 2. The lowest BCUT2D eigenvalue weighted by atomic mass is 10.2. The molecule has 0 aromatic heterocycles. The predicted molar refractivity (Wildman–Crippen MR) is 113 cm³/mol. The van der Waals surface area contributed by atoms with Gasteiger partial charge in [0.15, 0.2) is 36.2 Å². The van der Waals surface area contributed by atoms with Crippen molar-refractivity contribution in [3.8, 4) is 23.0 Å². The third-order valence-electron chi connectivity index (χ3n) is 3.75. The second-order valence-electron chi connectivity index (χ2n) is 5.96. The van der Waals surface area contributed by atoms with Crippen LogP contribution < -0.4 is 29.8 Å². The van der Waals surface area contributed by atoms with Crippen LogP contribution in [0.25, 0.3) is 6.08 Å². The number of carbonyl (C=O) groups excluding carboxylic acids is 2. The molecule has 0 bridgehead atoms. The number of ether oxygens (including phenoxy) is 4. The molecule has 0 radical (unpaired) electrons. The number of para-hydroxylation sites is 2. The number of allylic oxidation sites excluding steroid dienone is 1. The van der Waals surface area contributed by atoms with Crippen molar-refractivity contribution in [2.75, 3.05) is 26.9 Å². The summed E-state index contributed by atoms with van der Waals surface area (Å²) in [4.78, 5) is 23.8. The smallest absolute Gasteiger partial charge is 0.276 e. The third kappa shape index (κ3) is 7.05. The maximum absolute atomic E-state index is 11.9. The zero-order chi connectivity index (χ0) is 21.8. The Labute approximate surface area is 175 Å². The van der Waals surface area contributed by atoms with E-state index in [0.29, 0.717) is 29.6 Å². The Morgan fingerprint density at radius 2 is 1.43 bits per heavy atom. The molecule has 160 valence electrons. The highest BCUT2D eigenvalue weighted by Crippen LogP contribution is 2.28. The molecule has 0 unspecified atom stereocenters. The molecule has 30 heavy (non-hydrogen) atoms. The molecule has 2 N–H and O–H groups in total. The standard InChI is InChI=1S/C22H26N2O6/c1-4-8-16-11-12-19(20(13-16)27-3)30-15-22(26)24-23-21(25)14-29-18-10-7-6-9-17(18)28-5-2/h4,6-13H,5,14-15H2,1-3H3,(H,23,25)(H,24,26)/b8-4+. The minimum atomic E-state index is -0.530. The molecule has 2 amide bonds. The second-order valence-corrected chi connectivity index (χ2v) is 5.96. The van der Waals surface area contributed by atoms with Crippen LogP contribution in [0.1, 0.15) is 19.4 Å². The molecule has 0 saturated carbocycles. The lowest BCUT2D eigenvalue weighted by Crippen LogP contribution is -2.45. The van der Waals surface area contributed by atoms with Crippen LogP contribution in [0, 0.1) is 0 Å². The van der Waals surface area contributed by atoms with Crippen LogP contribution in [-0.2, 0) is 9.59 Å². The van der Waals surface area contributed by atoms with Crippen LogP contribution in [-0.4, -0.2) is 38.7 Å².